The summed E-state index contributed by atoms with van der Waals surface area (Å²) in [6.45, 7) is 0. The number of fused-ring (bicyclic) bond motifs is 1. The Kier molecular flexibility index (Phi) is 2.72. The summed E-state index contributed by atoms with van der Waals surface area (Å²) in [7, 11) is 0. The second-order valence-corrected chi connectivity index (χ2v) is 2.53. The topological polar surface area (TPSA) is 42.2 Å². The van der Waals surface area contributed by atoms with Gasteiger partial charge < -0.3 is 5.11 Å². The first-order chi connectivity index (χ1) is 5.79. The van der Waals surface area contributed by atoms with Crippen LogP contribution in [0.1, 0.15) is 0 Å². The number of benzene rings is 1. The zero-order chi connectivity index (χ0) is 8.55. The first kappa shape index (κ1) is 9.80. The molecule has 1 heterocycles. The van der Waals surface area contributed by atoms with Gasteiger partial charge in [0.2, 0.25) is 0 Å². The number of rotatable bonds is 0. The van der Waals surface area contributed by atoms with Crippen molar-refractivity contribution in [2.45, 2.75) is 0 Å². The summed E-state index contributed by atoms with van der Waals surface area (Å²) in [4.78, 5) is 10.6. The Morgan fingerprint density at radius 2 is 1.92 bits per heavy atom. The highest BCUT2D eigenvalue weighted by atomic mass is 79.9. The Morgan fingerprint density at radius 1 is 1.23 bits per heavy atom. The SMILES string of the molecule is Br.O=C(O)n1ccc2ccccc21. The second kappa shape index (κ2) is 3.62. The van der Waals surface area contributed by atoms with Crippen LogP contribution in [-0.2, 0) is 0 Å². The predicted octanol–water partition coefficient (Wildman–Crippen LogP) is 2.75. The number of nitrogens with zero attached hydrogens (tertiary/aromatic N) is 1. The summed E-state index contributed by atoms with van der Waals surface area (Å²) >= 11 is 0. The predicted molar refractivity (Wildman–Crippen MR) is 55.7 cm³/mol. The van der Waals surface area contributed by atoms with Crippen molar-refractivity contribution in [1.82, 2.24) is 4.57 Å². The summed E-state index contributed by atoms with van der Waals surface area (Å²) in [6, 6.07) is 9.15. The first-order valence-corrected chi connectivity index (χ1v) is 3.58. The minimum absolute atomic E-state index is 0. The van der Waals surface area contributed by atoms with Gasteiger partial charge in [0, 0.05) is 11.6 Å². The smallest absolute Gasteiger partial charge is 0.415 e. The Hall–Kier alpha value is -1.29. The lowest BCUT2D eigenvalue weighted by atomic mass is 10.2. The van der Waals surface area contributed by atoms with Gasteiger partial charge in [-0.1, -0.05) is 18.2 Å². The van der Waals surface area contributed by atoms with Gasteiger partial charge in [0.15, 0.2) is 0 Å². The van der Waals surface area contributed by atoms with Crippen LogP contribution < -0.4 is 0 Å². The van der Waals surface area contributed by atoms with E-state index < -0.39 is 6.09 Å². The fourth-order valence-corrected chi connectivity index (χ4v) is 1.25. The standard InChI is InChI=1S/C9H7NO2.BrH/c11-9(12)10-6-5-7-3-1-2-4-8(7)10;/h1-6H,(H,11,12);1H. The molecule has 2 aromatic rings. The number of aromatic nitrogens is 1. The summed E-state index contributed by atoms with van der Waals surface area (Å²) < 4.78 is 1.20. The van der Waals surface area contributed by atoms with E-state index in [1.165, 1.54) is 4.57 Å². The molecule has 0 fully saturated rings. The van der Waals surface area contributed by atoms with E-state index in [0.717, 1.165) is 10.9 Å². The van der Waals surface area contributed by atoms with Crippen LogP contribution in [0.2, 0.25) is 0 Å². The molecular formula is C9H8BrNO2. The molecule has 0 unspecified atom stereocenters. The zero-order valence-electron chi connectivity index (χ0n) is 6.68. The molecule has 13 heavy (non-hydrogen) atoms. The molecule has 0 radical (unpaired) electrons. The Labute approximate surface area is 85.4 Å². The average molecular weight is 242 g/mol. The molecule has 1 aromatic carbocycles. The molecule has 68 valence electrons. The lowest BCUT2D eigenvalue weighted by Gasteiger charge is -1.95. The molecule has 0 aliphatic rings. The fourth-order valence-electron chi connectivity index (χ4n) is 1.25. The molecule has 0 atom stereocenters. The third kappa shape index (κ3) is 1.58. The van der Waals surface area contributed by atoms with E-state index in [9.17, 15) is 4.79 Å². The van der Waals surface area contributed by atoms with Crippen molar-refractivity contribution in [3.63, 3.8) is 0 Å². The van der Waals surface area contributed by atoms with Gasteiger partial charge in [-0.15, -0.1) is 17.0 Å². The normalized spacial score (nSPS) is 9.54. The van der Waals surface area contributed by atoms with E-state index in [-0.39, 0.29) is 17.0 Å². The number of hydrogen-bond acceptors (Lipinski definition) is 1. The van der Waals surface area contributed by atoms with Gasteiger partial charge in [-0.2, -0.15) is 0 Å². The number of halogens is 1. The summed E-state index contributed by atoms with van der Waals surface area (Å²) in [5.41, 5.74) is 0.727. The van der Waals surface area contributed by atoms with Gasteiger partial charge in [0.1, 0.15) is 0 Å². The summed E-state index contributed by atoms with van der Waals surface area (Å²) in [5, 5.41) is 9.68. The van der Waals surface area contributed by atoms with Gasteiger partial charge in [0.05, 0.1) is 5.52 Å². The first-order valence-electron chi connectivity index (χ1n) is 3.58. The van der Waals surface area contributed by atoms with E-state index in [1.807, 2.05) is 18.2 Å². The number of hydrogen-bond donors (Lipinski definition) is 1. The van der Waals surface area contributed by atoms with Crippen molar-refractivity contribution in [2.75, 3.05) is 0 Å². The quantitative estimate of drug-likeness (QED) is 0.771. The van der Waals surface area contributed by atoms with Crippen LogP contribution in [0.15, 0.2) is 36.5 Å². The molecule has 2 rings (SSSR count). The molecule has 1 N–H and O–H groups in total. The second-order valence-electron chi connectivity index (χ2n) is 2.53. The highest BCUT2D eigenvalue weighted by Gasteiger charge is 2.04. The Morgan fingerprint density at radius 3 is 2.62 bits per heavy atom. The van der Waals surface area contributed by atoms with Crippen molar-refractivity contribution in [2.24, 2.45) is 0 Å². The molecule has 0 amide bonds. The highest BCUT2D eigenvalue weighted by Crippen LogP contribution is 2.14. The monoisotopic (exact) mass is 241 g/mol. The molecule has 3 nitrogen and oxygen atoms in total. The van der Waals surface area contributed by atoms with Crippen LogP contribution in [0.3, 0.4) is 0 Å². The van der Waals surface area contributed by atoms with Crippen molar-refractivity contribution in [3.05, 3.63) is 36.5 Å². The molecule has 0 saturated heterocycles. The lowest BCUT2D eigenvalue weighted by molar-refractivity contribution is 0.197. The van der Waals surface area contributed by atoms with Gasteiger partial charge in [0.25, 0.3) is 0 Å². The van der Waals surface area contributed by atoms with Crippen molar-refractivity contribution in [1.29, 1.82) is 0 Å². The molecular weight excluding hydrogens is 234 g/mol. The van der Waals surface area contributed by atoms with E-state index in [0.29, 0.717) is 0 Å². The minimum atomic E-state index is -0.948. The van der Waals surface area contributed by atoms with Crippen LogP contribution >= 0.6 is 17.0 Å². The van der Waals surface area contributed by atoms with Gasteiger partial charge in [-0.25, -0.2) is 4.79 Å². The Balaban J connectivity index is 0.000000845. The molecule has 0 aliphatic heterocycles. The van der Waals surface area contributed by atoms with Gasteiger partial charge in [-0.3, -0.25) is 4.57 Å². The van der Waals surface area contributed by atoms with Crippen molar-refractivity contribution in [3.8, 4) is 0 Å². The van der Waals surface area contributed by atoms with Gasteiger partial charge >= 0.3 is 6.09 Å². The van der Waals surface area contributed by atoms with E-state index >= 15 is 0 Å². The Bertz CT molecular complexity index is 436. The maximum absolute atomic E-state index is 10.6. The van der Waals surface area contributed by atoms with Crippen LogP contribution in [0.4, 0.5) is 4.79 Å². The summed E-state index contributed by atoms with van der Waals surface area (Å²) in [5.74, 6) is 0. The zero-order valence-corrected chi connectivity index (χ0v) is 8.39. The molecule has 0 aliphatic carbocycles. The van der Waals surface area contributed by atoms with E-state index in [2.05, 4.69) is 0 Å². The van der Waals surface area contributed by atoms with E-state index in [4.69, 9.17) is 5.11 Å². The van der Waals surface area contributed by atoms with Gasteiger partial charge in [-0.05, 0) is 12.1 Å². The summed E-state index contributed by atoms with van der Waals surface area (Å²) in [6.07, 6.45) is 0.601. The van der Waals surface area contributed by atoms with E-state index in [1.54, 1.807) is 18.3 Å². The van der Waals surface area contributed by atoms with Crippen molar-refractivity contribution < 1.29 is 9.90 Å². The lowest BCUT2D eigenvalue weighted by Crippen LogP contribution is -2.05. The van der Waals surface area contributed by atoms with Crippen LogP contribution in [-0.4, -0.2) is 15.8 Å². The fraction of sp³-hybridized carbons (Fsp3) is 0. The third-order valence-corrected chi connectivity index (χ3v) is 1.81. The highest BCUT2D eigenvalue weighted by molar-refractivity contribution is 8.93. The molecule has 1 aromatic heterocycles. The number of para-hydroxylation sites is 1. The average Bonchev–Trinajstić information content (AvgIpc) is 2.47. The van der Waals surface area contributed by atoms with Crippen LogP contribution in [0, 0.1) is 0 Å². The minimum Gasteiger partial charge on any atom is -0.464 e. The van der Waals surface area contributed by atoms with Crippen LogP contribution in [0.25, 0.3) is 10.9 Å². The molecule has 0 spiro atoms. The largest absolute Gasteiger partial charge is 0.464 e. The maximum atomic E-state index is 10.6. The van der Waals surface area contributed by atoms with Crippen LogP contribution in [0.5, 0.6) is 0 Å². The molecule has 0 bridgehead atoms. The third-order valence-electron chi connectivity index (χ3n) is 1.81. The molecule has 0 saturated carbocycles. The molecule has 4 heteroatoms. The number of carboxylic acid groups (broad SMARTS) is 1. The van der Waals surface area contributed by atoms with Crippen molar-refractivity contribution >= 4 is 34.0 Å². The number of carbonyl (C=O) groups is 1. The maximum Gasteiger partial charge on any atom is 0.415 e.